The van der Waals surface area contributed by atoms with E-state index in [0.717, 1.165) is 11.8 Å². The molecular weight excluding hydrogens is 244 g/mol. The summed E-state index contributed by atoms with van der Waals surface area (Å²) in [5.74, 6) is 0.0247. The first-order valence-corrected chi connectivity index (χ1v) is 6.31. The van der Waals surface area contributed by atoms with Crippen molar-refractivity contribution in [2.75, 3.05) is 12.3 Å². The smallest absolute Gasteiger partial charge is 0.287 e. The second-order valence-corrected chi connectivity index (χ2v) is 4.65. The molecule has 0 aliphatic heterocycles. The van der Waals surface area contributed by atoms with E-state index < -0.39 is 0 Å². The van der Waals surface area contributed by atoms with Gasteiger partial charge in [0, 0.05) is 23.7 Å². The third-order valence-corrected chi connectivity index (χ3v) is 2.94. The van der Waals surface area contributed by atoms with Crippen LogP contribution in [0.5, 0.6) is 0 Å². The van der Waals surface area contributed by atoms with Gasteiger partial charge >= 0.3 is 0 Å². The van der Waals surface area contributed by atoms with Gasteiger partial charge in [-0.25, -0.2) is 0 Å². The molecule has 2 rings (SSSR count). The van der Waals surface area contributed by atoms with Crippen molar-refractivity contribution in [1.82, 2.24) is 5.32 Å². The van der Waals surface area contributed by atoms with Crippen LogP contribution < -0.4 is 11.1 Å². The van der Waals surface area contributed by atoms with Crippen LogP contribution in [-0.2, 0) is 0 Å². The highest BCUT2D eigenvalue weighted by Crippen LogP contribution is 2.21. The van der Waals surface area contributed by atoms with E-state index in [4.69, 9.17) is 15.3 Å². The number of aliphatic hydroxyl groups is 1. The number of benzene rings is 1. The van der Waals surface area contributed by atoms with Crippen LogP contribution in [-0.4, -0.2) is 23.7 Å². The number of nitrogen functional groups attached to an aromatic ring is 1. The molecule has 5 nitrogen and oxygen atoms in total. The van der Waals surface area contributed by atoms with Crippen molar-refractivity contribution in [2.45, 2.75) is 25.8 Å². The number of carbonyl (C=O) groups excluding carboxylic acids is 1. The number of carbonyl (C=O) groups is 1. The zero-order valence-corrected chi connectivity index (χ0v) is 10.8. The summed E-state index contributed by atoms with van der Waals surface area (Å²) in [6.07, 6.45) is 1.40. The monoisotopic (exact) mass is 262 g/mol. The van der Waals surface area contributed by atoms with E-state index in [1.807, 2.05) is 6.92 Å². The van der Waals surface area contributed by atoms with Crippen molar-refractivity contribution in [3.8, 4) is 0 Å². The summed E-state index contributed by atoms with van der Waals surface area (Å²) in [6, 6.07) is 6.93. The van der Waals surface area contributed by atoms with Crippen LogP contribution in [0, 0.1) is 0 Å². The number of amides is 1. The van der Waals surface area contributed by atoms with Gasteiger partial charge in [0.2, 0.25) is 0 Å². The molecule has 1 atom stereocenters. The first-order valence-electron chi connectivity index (χ1n) is 6.31. The lowest BCUT2D eigenvalue weighted by Crippen LogP contribution is -2.32. The lowest BCUT2D eigenvalue weighted by molar-refractivity contribution is 0.0910. The summed E-state index contributed by atoms with van der Waals surface area (Å²) < 4.78 is 5.47. The Kier molecular flexibility index (Phi) is 4.06. The van der Waals surface area contributed by atoms with E-state index in [1.54, 1.807) is 24.3 Å². The van der Waals surface area contributed by atoms with E-state index in [9.17, 15) is 4.79 Å². The Balaban J connectivity index is 2.08. The van der Waals surface area contributed by atoms with Crippen LogP contribution in [0.15, 0.2) is 28.7 Å². The van der Waals surface area contributed by atoms with E-state index in [1.165, 1.54) is 0 Å². The van der Waals surface area contributed by atoms with Gasteiger partial charge in [-0.15, -0.1) is 0 Å². The van der Waals surface area contributed by atoms with Crippen LogP contribution in [0.1, 0.15) is 30.3 Å². The fourth-order valence-electron chi connectivity index (χ4n) is 1.94. The molecule has 0 aliphatic rings. The fraction of sp³-hybridized carbons (Fsp3) is 0.357. The van der Waals surface area contributed by atoms with E-state index in [0.29, 0.717) is 17.7 Å². The van der Waals surface area contributed by atoms with Gasteiger partial charge in [0.25, 0.3) is 5.91 Å². The quantitative estimate of drug-likeness (QED) is 0.718. The van der Waals surface area contributed by atoms with E-state index in [-0.39, 0.29) is 24.3 Å². The SMILES string of the molecule is CC(CCCO)NC(=O)c1cc2cc(N)ccc2o1. The highest BCUT2D eigenvalue weighted by Gasteiger charge is 2.14. The van der Waals surface area contributed by atoms with Crippen molar-refractivity contribution < 1.29 is 14.3 Å². The highest BCUT2D eigenvalue weighted by molar-refractivity contribution is 5.96. The lowest BCUT2D eigenvalue weighted by Gasteiger charge is -2.11. The Morgan fingerprint density at radius 1 is 1.47 bits per heavy atom. The minimum absolute atomic E-state index is 0.00192. The minimum Gasteiger partial charge on any atom is -0.451 e. The second-order valence-electron chi connectivity index (χ2n) is 4.65. The van der Waals surface area contributed by atoms with Gasteiger partial charge in [0.05, 0.1) is 0 Å². The Hall–Kier alpha value is -2.01. The number of fused-ring (bicyclic) bond motifs is 1. The van der Waals surface area contributed by atoms with Crippen molar-refractivity contribution in [3.63, 3.8) is 0 Å². The largest absolute Gasteiger partial charge is 0.451 e. The predicted octanol–water partition coefficient (Wildman–Crippen LogP) is 1.91. The molecular formula is C14H18N2O3. The maximum Gasteiger partial charge on any atom is 0.287 e. The van der Waals surface area contributed by atoms with Gasteiger partial charge < -0.3 is 20.6 Å². The van der Waals surface area contributed by atoms with Crippen LogP contribution >= 0.6 is 0 Å². The van der Waals surface area contributed by atoms with Crippen molar-refractivity contribution in [1.29, 1.82) is 0 Å². The average Bonchev–Trinajstić information content (AvgIpc) is 2.79. The maximum absolute atomic E-state index is 12.0. The van der Waals surface area contributed by atoms with Gasteiger partial charge in [-0.3, -0.25) is 4.79 Å². The maximum atomic E-state index is 12.0. The normalized spacial score (nSPS) is 12.5. The molecule has 0 aliphatic carbocycles. The molecule has 1 amide bonds. The zero-order chi connectivity index (χ0) is 13.8. The number of furan rings is 1. The molecule has 2 aromatic rings. The molecule has 19 heavy (non-hydrogen) atoms. The first kappa shape index (κ1) is 13.4. The molecule has 1 unspecified atom stereocenters. The summed E-state index contributed by atoms with van der Waals surface area (Å²) in [5, 5.41) is 12.4. The van der Waals surface area contributed by atoms with Gasteiger partial charge in [-0.05, 0) is 44.0 Å². The molecule has 1 heterocycles. The Morgan fingerprint density at radius 3 is 3.00 bits per heavy atom. The second kappa shape index (κ2) is 5.75. The molecule has 1 aromatic carbocycles. The zero-order valence-electron chi connectivity index (χ0n) is 10.8. The molecule has 0 fully saturated rings. The van der Waals surface area contributed by atoms with E-state index >= 15 is 0 Å². The molecule has 4 N–H and O–H groups in total. The number of anilines is 1. The number of hydrogen-bond acceptors (Lipinski definition) is 4. The standard InChI is InChI=1S/C14H18N2O3/c1-9(3-2-6-17)16-14(18)13-8-10-7-11(15)4-5-12(10)19-13/h4-5,7-9,17H,2-3,6,15H2,1H3,(H,16,18). The molecule has 102 valence electrons. The molecule has 0 spiro atoms. The van der Waals surface area contributed by atoms with Crippen molar-refractivity contribution >= 4 is 22.6 Å². The fourth-order valence-corrected chi connectivity index (χ4v) is 1.94. The summed E-state index contributed by atoms with van der Waals surface area (Å²) in [6.45, 7) is 2.03. The van der Waals surface area contributed by atoms with E-state index in [2.05, 4.69) is 5.32 Å². The van der Waals surface area contributed by atoms with Crippen LogP contribution in [0.25, 0.3) is 11.0 Å². The van der Waals surface area contributed by atoms with Crippen LogP contribution in [0.3, 0.4) is 0 Å². The third-order valence-electron chi connectivity index (χ3n) is 2.94. The summed E-state index contributed by atoms with van der Waals surface area (Å²) in [7, 11) is 0. The first-order chi connectivity index (χ1) is 9.10. The highest BCUT2D eigenvalue weighted by atomic mass is 16.3. The van der Waals surface area contributed by atoms with Crippen molar-refractivity contribution in [2.24, 2.45) is 0 Å². The minimum atomic E-state index is -0.250. The predicted molar refractivity (Wildman–Crippen MR) is 73.9 cm³/mol. The lowest BCUT2D eigenvalue weighted by atomic mass is 10.2. The molecule has 0 saturated heterocycles. The number of rotatable bonds is 5. The van der Waals surface area contributed by atoms with Gasteiger partial charge in [-0.2, -0.15) is 0 Å². The Bertz CT molecular complexity index is 577. The van der Waals surface area contributed by atoms with Gasteiger partial charge in [0.15, 0.2) is 5.76 Å². The third kappa shape index (κ3) is 3.26. The molecule has 0 saturated carbocycles. The number of nitrogens with one attached hydrogen (secondary N) is 1. The van der Waals surface area contributed by atoms with Crippen molar-refractivity contribution in [3.05, 3.63) is 30.0 Å². The molecule has 0 bridgehead atoms. The Morgan fingerprint density at radius 2 is 2.26 bits per heavy atom. The van der Waals surface area contributed by atoms with Gasteiger partial charge in [0.1, 0.15) is 5.58 Å². The average molecular weight is 262 g/mol. The topological polar surface area (TPSA) is 88.5 Å². The Labute approximate surface area is 111 Å². The summed E-state index contributed by atoms with van der Waals surface area (Å²) in [5.41, 5.74) is 6.96. The number of aliphatic hydroxyl groups excluding tert-OH is 1. The molecule has 0 radical (unpaired) electrons. The van der Waals surface area contributed by atoms with Crippen LogP contribution in [0.4, 0.5) is 5.69 Å². The summed E-state index contributed by atoms with van der Waals surface area (Å²) >= 11 is 0. The van der Waals surface area contributed by atoms with Crippen LogP contribution in [0.2, 0.25) is 0 Å². The molecule has 1 aromatic heterocycles. The summed E-state index contributed by atoms with van der Waals surface area (Å²) in [4.78, 5) is 12.0. The number of nitrogens with two attached hydrogens (primary N) is 1. The number of hydrogen-bond donors (Lipinski definition) is 3. The van der Waals surface area contributed by atoms with Gasteiger partial charge in [-0.1, -0.05) is 0 Å². The molecule has 5 heteroatoms.